The zero-order valence-corrected chi connectivity index (χ0v) is 24.4. The Bertz CT molecular complexity index is 1360. The lowest BCUT2D eigenvalue weighted by Crippen LogP contribution is -2.29. The van der Waals surface area contributed by atoms with Crippen LogP contribution in [0.25, 0.3) is 0 Å². The number of aliphatic hydroxyl groups excluding tert-OH is 1. The molecule has 3 unspecified atom stereocenters. The molecule has 0 bridgehead atoms. The largest absolute Gasteiger partial charge is 0.512 e. The van der Waals surface area contributed by atoms with Gasteiger partial charge < -0.3 is 26.0 Å². The Balaban J connectivity index is 0.000000516. The van der Waals surface area contributed by atoms with Crippen LogP contribution in [0.5, 0.6) is 5.75 Å². The lowest BCUT2D eigenvalue weighted by molar-refractivity contribution is -0.106. The fourth-order valence-corrected chi connectivity index (χ4v) is 6.28. The molecule has 224 valence electrons. The van der Waals surface area contributed by atoms with Gasteiger partial charge in [0, 0.05) is 35.7 Å². The van der Waals surface area contributed by atoms with Crippen molar-refractivity contribution in [1.82, 2.24) is 10.3 Å². The summed E-state index contributed by atoms with van der Waals surface area (Å²) in [5.41, 5.74) is 7.79. The number of fused-ring (bicyclic) bond motifs is 3. The number of amides is 1. The Morgan fingerprint density at radius 2 is 1.81 bits per heavy atom. The number of ether oxygens (including phenoxy) is 1. The monoisotopic (exact) mass is 575 g/mol. The number of phenols is 1. The predicted molar refractivity (Wildman–Crippen MR) is 159 cm³/mol. The molecule has 1 heterocycles. The molecule has 9 heteroatoms. The summed E-state index contributed by atoms with van der Waals surface area (Å²) in [5.74, 6) is 0.235. The molecule has 0 radical (unpaired) electrons. The lowest BCUT2D eigenvalue weighted by Gasteiger charge is -2.29. The first kappa shape index (κ1) is 31.0. The van der Waals surface area contributed by atoms with E-state index < -0.39 is 0 Å². The third-order valence-electron chi connectivity index (χ3n) is 8.69. The number of aromatic nitrogens is 1. The van der Waals surface area contributed by atoms with Gasteiger partial charge in [0.2, 0.25) is 6.41 Å². The average Bonchev–Trinajstić information content (AvgIpc) is 3.12. The van der Waals surface area contributed by atoms with Crippen LogP contribution < -0.4 is 11.1 Å². The lowest BCUT2D eigenvalue weighted by atomic mass is 9.74. The molecule has 1 aromatic heterocycles. The molecule has 2 aromatic rings. The van der Waals surface area contributed by atoms with Crippen molar-refractivity contribution < 1.29 is 29.3 Å². The Labute approximate surface area is 246 Å². The fraction of sp³-hybridized carbons (Fsp3) is 0.455. The summed E-state index contributed by atoms with van der Waals surface area (Å²) in [7, 11) is 1.57. The minimum Gasteiger partial charge on any atom is -0.512 e. The smallest absolute Gasteiger partial charge is 0.204 e. The van der Waals surface area contributed by atoms with Crippen LogP contribution >= 0.6 is 0 Å². The second kappa shape index (κ2) is 14.3. The Hall–Kier alpha value is -3.98. The highest BCUT2D eigenvalue weighted by Gasteiger charge is 2.46. The van der Waals surface area contributed by atoms with Crippen molar-refractivity contribution in [3.8, 4) is 5.75 Å². The number of Topliss-reactive ketones (excluding diaryl/α,β-unsaturated/α-hetero) is 2. The van der Waals surface area contributed by atoms with Gasteiger partial charge >= 0.3 is 0 Å². The first-order valence-corrected chi connectivity index (χ1v) is 14.7. The van der Waals surface area contributed by atoms with Gasteiger partial charge in [0.05, 0.1) is 30.7 Å². The van der Waals surface area contributed by atoms with Crippen molar-refractivity contribution in [2.45, 2.75) is 64.8 Å². The summed E-state index contributed by atoms with van der Waals surface area (Å²) in [6, 6.07) is 8.66. The zero-order valence-electron chi connectivity index (χ0n) is 24.4. The number of primary amides is 1. The van der Waals surface area contributed by atoms with E-state index in [2.05, 4.69) is 16.0 Å². The molecule has 1 aromatic carbocycles. The molecular formula is C33H41N3O6. The number of aromatic hydroxyl groups is 1. The van der Waals surface area contributed by atoms with Crippen molar-refractivity contribution in [3.63, 3.8) is 0 Å². The van der Waals surface area contributed by atoms with E-state index in [1.165, 1.54) is 31.7 Å². The molecule has 1 fully saturated rings. The molecule has 0 spiro atoms. The molecule has 5 N–H and O–H groups in total. The number of rotatable bonds is 6. The van der Waals surface area contributed by atoms with Crippen molar-refractivity contribution in [1.29, 1.82) is 0 Å². The first-order chi connectivity index (χ1) is 20.3. The summed E-state index contributed by atoms with van der Waals surface area (Å²) in [6.45, 7) is 2.47. The van der Waals surface area contributed by atoms with Crippen LogP contribution in [-0.4, -0.2) is 46.8 Å². The summed E-state index contributed by atoms with van der Waals surface area (Å²) in [5, 5.41) is 24.5. The van der Waals surface area contributed by atoms with E-state index in [4.69, 9.17) is 9.53 Å². The number of methoxy groups -OCH3 is 1. The van der Waals surface area contributed by atoms with Gasteiger partial charge in [-0.15, -0.1) is 0 Å². The van der Waals surface area contributed by atoms with E-state index >= 15 is 0 Å². The normalized spacial score (nSPS) is 22.1. The second-order valence-electron chi connectivity index (χ2n) is 11.3. The quantitative estimate of drug-likeness (QED) is 0.279. The molecule has 0 aliphatic heterocycles. The number of nitrogens with one attached hydrogen (secondary N) is 1. The van der Waals surface area contributed by atoms with E-state index in [-0.39, 0.29) is 53.6 Å². The highest BCUT2D eigenvalue weighted by Crippen LogP contribution is 2.50. The second-order valence-corrected chi connectivity index (χ2v) is 11.3. The maximum atomic E-state index is 13.8. The van der Waals surface area contributed by atoms with Crippen LogP contribution in [-0.2, 0) is 22.5 Å². The van der Waals surface area contributed by atoms with E-state index in [1.54, 1.807) is 19.4 Å². The minimum absolute atomic E-state index is 0.0653. The number of hydrogen-bond donors (Lipinski definition) is 4. The van der Waals surface area contributed by atoms with E-state index in [0.29, 0.717) is 54.0 Å². The number of aliphatic hydroxyl groups is 1. The van der Waals surface area contributed by atoms with Crippen LogP contribution in [0.3, 0.4) is 0 Å². The summed E-state index contributed by atoms with van der Waals surface area (Å²) in [4.78, 5) is 39.8. The maximum absolute atomic E-state index is 13.8. The van der Waals surface area contributed by atoms with E-state index in [0.717, 1.165) is 17.7 Å². The number of phenolic OH excluding ortho intramolecular Hbond substituents is 1. The highest BCUT2D eigenvalue weighted by molar-refractivity contribution is 6.15. The number of pyridine rings is 1. The molecular weight excluding hydrogens is 534 g/mol. The summed E-state index contributed by atoms with van der Waals surface area (Å²) < 4.78 is 5.81. The molecule has 1 amide bonds. The van der Waals surface area contributed by atoms with Gasteiger partial charge in [-0.3, -0.25) is 19.4 Å². The van der Waals surface area contributed by atoms with Crippen molar-refractivity contribution in [3.05, 3.63) is 81.6 Å². The standard InChI is InChI=1S/C28H30N2O5.C4H8.CH3NO/c1-15-11-21-19(26(15)33)7-6-16-12-20-18(23(32)14-29-13-17-5-3-4-10-30-17)8-9-22(31)25(20)27(34)24(16)28(21)35-2;1-2-4-3-1;2-1-3/h3-5,8-10,16,19,21,29,31,33H,6-7,11-14H2,1-2H3;1-4H2;1H,(H2,2,3). The van der Waals surface area contributed by atoms with Crippen LogP contribution in [0.4, 0.5) is 0 Å². The van der Waals surface area contributed by atoms with Gasteiger partial charge in [-0.05, 0) is 73.9 Å². The van der Waals surface area contributed by atoms with Gasteiger partial charge in [0.15, 0.2) is 11.6 Å². The maximum Gasteiger partial charge on any atom is 0.204 e. The molecule has 42 heavy (non-hydrogen) atoms. The first-order valence-electron chi connectivity index (χ1n) is 14.7. The van der Waals surface area contributed by atoms with Crippen molar-refractivity contribution in [2.75, 3.05) is 13.7 Å². The number of benzene rings is 1. The molecule has 4 aliphatic carbocycles. The number of nitrogens with two attached hydrogens (primary N) is 1. The van der Waals surface area contributed by atoms with Gasteiger partial charge in [0.1, 0.15) is 11.5 Å². The predicted octanol–water partition coefficient (Wildman–Crippen LogP) is 4.94. The Morgan fingerprint density at radius 3 is 2.43 bits per heavy atom. The van der Waals surface area contributed by atoms with Gasteiger partial charge in [-0.25, -0.2) is 0 Å². The average molecular weight is 576 g/mol. The number of allylic oxidation sites excluding steroid dienone is 4. The van der Waals surface area contributed by atoms with Gasteiger partial charge in [-0.1, -0.05) is 31.7 Å². The molecule has 6 rings (SSSR count). The SMILES string of the molecule is C1CCC1.COC1=C2C(=O)c3c(O)ccc(C(=O)CNCc4ccccn4)c3CC2CCC2C(O)=C(C)CC12.NC=O. The van der Waals surface area contributed by atoms with Crippen LogP contribution in [0.2, 0.25) is 0 Å². The highest BCUT2D eigenvalue weighted by atomic mass is 16.5. The van der Waals surface area contributed by atoms with Crippen LogP contribution in [0.15, 0.2) is 59.2 Å². The molecule has 1 saturated carbocycles. The number of carbonyl (C=O) groups excluding carboxylic acids is 3. The van der Waals surface area contributed by atoms with Crippen LogP contribution in [0.1, 0.15) is 83.8 Å². The van der Waals surface area contributed by atoms with Crippen molar-refractivity contribution in [2.24, 2.45) is 23.5 Å². The third kappa shape index (κ3) is 6.57. The third-order valence-corrected chi connectivity index (χ3v) is 8.69. The topological polar surface area (TPSA) is 152 Å². The minimum atomic E-state index is -0.272. The van der Waals surface area contributed by atoms with E-state index in [1.807, 2.05) is 25.1 Å². The molecule has 3 atom stereocenters. The van der Waals surface area contributed by atoms with Crippen molar-refractivity contribution >= 4 is 18.0 Å². The number of hydrogen-bond acceptors (Lipinski definition) is 8. The van der Waals surface area contributed by atoms with E-state index in [9.17, 15) is 19.8 Å². The Morgan fingerprint density at radius 1 is 1.10 bits per heavy atom. The summed E-state index contributed by atoms with van der Waals surface area (Å²) >= 11 is 0. The number of nitrogens with zero attached hydrogens (tertiary/aromatic N) is 1. The fourth-order valence-electron chi connectivity index (χ4n) is 6.28. The molecule has 4 aliphatic rings. The van der Waals surface area contributed by atoms with Gasteiger partial charge in [0.25, 0.3) is 0 Å². The zero-order chi connectivity index (χ0) is 30.2. The van der Waals surface area contributed by atoms with Crippen LogP contribution in [0, 0.1) is 17.8 Å². The Kier molecular flexibility index (Phi) is 10.5. The number of ketones is 2. The molecule has 0 saturated heterocycles. The summed E-state index contributed by atoms with van der Waals surface area (Å²) in [6.07, 6.45) is 10.5. The number of carbonyl (C=O) groups is 3. The molecule has 9 nitrogen and oxygen atoms in total. The van der Waals surface area contributed by atoms with Gasteiger partial charge in [-0.2, -0.15) is 0 Å².